The number of hydrogen-bond acceptors (Lipinski definition) is 6. The Balaban J connectivity index is 2.52. The average molecular weight is 207 g/mol. The minimum absolute atomic E-state index is 0.212. The molecular weight excluding hydrogens is 198 g/mol. The van der Waals surface area contributed by atoms with E-state index >= 15 is 0 Å². The summed E-state index contributed by atoms with van der Waals surface area (Å²) in [5.41, 5.74) is 5.95. The first kappa shape index (κ1) is 9.38. The molecule has 2 heterocycles. The van der Waals surface area contributed by atoms with E-state index in [0.717, 1.165) is 0 Å². The zero-order valence-electron chi connectivity index (χ0n) is 8.04. The van der Waals surface area contributed by atoms with E-state index in [1.165, 1.54) is 16.9 Å². The van der Waals surface area contributed by atoms with Crippen molar-refractivity contribution < 1.29 is 9.53 Å². The summed E-state index contributed by atoms with van der Waals surface area (Å²) in [4.78, 5) is 15.3. The van der Waals surface area contributed by atoms with Crippen molar-refractivity contribution in [1.82, 2.24) is 19.6 Å². The fourth-order valence-corrected chi connectivity index (χ4v) is 1.17. The third-order valence-electron chi connectivity index (χ3n) is 1.87. The maximum atomic E-state index is 11.4. The van der Waals surface area contributed by atoms with Crippen molar-refractivity contribution in [1.29, 1.82) is 0 Å². The van der Waals surface area contributed by atoms with E-state index < -0.39 is 5.97 Å². The molecule has 15 heavy (non-hydrogen) atoms. The molecule has 0 amide bonds. The Morgan fingerprint density at radius 3 is 3.20 bits per heavy atom. The predicted molar refractivity (Wildman–Crippen MR) is 51.2 cm³/mol. The molecule has 0 atom stereocenters. The van der Waals surface area contributed by atoms with Crippen LogP contribution < -0.4 is 5.73 Å². The van der Waals surface area contributed by atoms with Crippen molar-refractivity contribution in [3.05, 3.63) is 18.1 Å². The Morgan fingerprint density at radius 2 is 2.47 bits per heavy atom. The highest BCUT2D eigenvalue weighted by molar-refractivity contribution is 5.94. The number of esters is 1. The normalized spacial score (nSPS) is 10.5. The van der Waals surface area contributed by atoms with Gasteiger partial charge in [0, 0.05) is 6.20 Å². The van der Waals surface area contributed by atoms with Crippen molar-refractivity contribution in [2.24, 2.45) is 0 Å². The molecule has 0 saturated carbocycles. The maximum Gasteiger partial charge on any atom is 0.343 e. The highest BCUT2D eigenvalue weighted by Crippen LogP contribution is 2.12. The minimum Gasteiger partial charge on any atom is -0.462 e. The van der Waals surface area contributed by atoms with Crippen molar-refractivity contribution in [3.8, 4) is 0 Å². The molecule has 78 valence electrons. The van der Waals surface area contributed by atoms with Gasteiger partial charge in [0.15, 0.2) is 0 Å². The first-order valence-electron chi connectivity index (χ1n) is 4.35. The number of anilines is 1. The molecule has 2 aromatic rings. The van der Waals surface area contributed by atoms with Gasteiger partial charge in [-0.1, -0.05) is 0 Å². The molecule has 2 aromatic heterocycles. The Hall–Kier alpha value is -2.18. The molecule has 0 fully saturated rings. The van der Waals surface area contributed by atoms with Crippen LogP contribution in [0.1, 0.15) is 17.3 Å². The number of nitrogen functional groups attached to an aromatic ring is 1. The summed E-state index contributed by atoms with van der Waals surface area (Å²) in [5, 5.41) is 7.32. The van der Waals surface area contributed by atoms with Crippen LogP contribution in [-0.2, 0) is 4.74 Å². The number of rotatable bonds is 2. The lowest BCUT2D eigenvalue weighted by Crippen LogP contribution is -2.11. The number of ether oxygens (including phenoxy) is 1. The molecule has 0 unspecified atom stereocenters. The molecular formula is C8H9N5O2. The summed E-state index contributed by atoms with van der Waals surface area (Å²) in [7, 11) is 0. The average Bonchev–Trinajstić information content (AvgIpc) is 2.67. The summed E-state index contributed by atoms with van der Waals surface area (Å²) in [5.74, 6) is 0.0714. The lowest BCUT2D eigenvalue weighted by Gasteiger charge is -2.05. The van der Waals surface area contributed by atoms with Gasteiger partial charge in [-0.05, 0) is 6.92 Å². The molecule has 0 aliphatic rings. The smallest absolute Gasteiger partial charge is 0.343 e. The van der Waals surface area contributed by atoms with Crippen molar-refractivity contribution in [2.75, 3.05) is 12.3 Å². The zero-order chi connectivity index (χ0) is 10.8. The summed E-state index contributed by atoms with van der Waals surface area (Å²) in [6.07, 6.45) is 2.72. The first-order valence-corrected chi connectivity index (χ1v) is 4.35. The van der Waals surface area contributed by atoms with E-state index in [2.05, 4.69) is 15.2 Å². The van der Waals surface area contributed by atoms with Crippen LogP contribution in [0.25, 0.3) is 5.78 Å². The van der Waals surface area contributed by atoms with Crippen molar-refractivity contribution in [3.63, 3.8) is 0 Å². The maximum absolute atomic E-state index is 11.4. The predicted octanol–water partition coefficient (Wildman–Crippen LogP) is -0.117. The molecule has 2 rings (SSSR count). The number of carbonyl (C=O) groups excluding carboxylic acids is 1. The number of nitrogens with two attached hydrogens (primary N) is 1. The number of nitrogens with zero attached hydrogens (tertiary/aromatic N) is 4. The van der Waals surface area contributed by atoms with Gasteiger partial charge in [0.05, 0.1) is 6.61 Å². The van der Waals surface area contributed by atoms with E-state index in [1.54, 1.807) is 6.92 Å². The largest absolute Gasteiger partial charge is 0.462 e. The Labute approximate surface area is 84.9 Å². The molecule has 0 aliphatic carbocycles. The molecule has 0 aromatic carbocycles. The van der Waals surface area contributed by atoms with Crippen LogP contribution in [0, 0.1) is 0 Å². The van der Waals surface area contributed by atoms with Crippen LogP contribution in [0.2, 0.25) is 0 Å². The molecule has 0 bridgehead atoms. The lowest BCUT2D eigenvalue weighted by atomic mass is 10.3. The number of aromatic nitrogens is 4. The van der Waals surface area contributed by atoms with Crippen LogP contribution in [0.15, 0.2) is 12.5 Å². The molecule has 0 radical (unpaired) electrons. The molecule has 7 nitrogen and oxygen atoms in total. The summed E-state index contributed by atoms with van der Waals surface area (Å²) >= 11 is 0. The number of hydrogen-bond donors (Lipinski definition) is 1. The van der Waals surface area contributed by atoms with Crippen molar-refractivity contribution in [2.45, 2.75) is 6.92 Å². The van der Waals surface area contributed by atoms with E-state index in [9.17, 15) is 4.79 Å². The summed E-state index contributed by atoms with van der Waals surface area (Å²) < 4.78 is 6.24. The van der Waals surface area contributed by atoms with E-state index in [0.29, 0.717) is 12.4 Å². The third kappa shape index (κ3) is 1.47. The van der Waals surface area contributed by atoms with E-state index in [4.69, 9.17) is 10.5 Å². The van der Waals surface area contributed by atoms with Gasteiger partial charge in [-0.2, -0.15) is 0 Å². The lowest BCUT2D eigenvalue weighted by molar-refractivity contribution is 0.0526. The summed E-state index contributed by atoms with van der Waals surface area (Å²) in [6.45, 7) is 2.01. The van der Waals surface area contributed by atoms with Gasteiger partial charge in [-0.15, -0.1) is 10.2 Å². The van der Waals surface area contributed by atoms with Gasteiger partial charge >= 0.3 is 5.97 Å². The number of fused-ring (bicyclic) bond motifs is 1. The fraction of sp³-hybridized carbons (Fsp3) is 0.250. The molecule has 7 heteroatoms. The third-order valence-corrected chi connectivity index (χ3v) is 1.87. The minimum atomic E-state index is -0.502. The molecule has 2 N–H and O–H groups in total. The topological polar surface area (TPSA) is 95.4 Å². The Kier molecular flexibility index (Phi) is 2.20. The fourth-order valence-electron chi connectivity index (χ4n) is 1.17. The second-order valence-electron chi connectivity index (χ2n) is 2.78. The van der Waals surface area contributed by atoms with Crippen LogP contribution in [0.5, 0.6) is 0 Å². The second kappa shape index (κ2) is 3.52. The van der Waals surface area contributed by atoms with Gasteiger partial charge in [-0.3, -0.25) is 4.40 Å². The van der Waals surface area contributed by atoms with Gasteiger partial charge in [0.25, 0.3) is 5.78 Å². The quantitative estimate of drug-likeness (QED) is 0.690. The number of carbonyl (C=O) groups is 1. The monoisotopic (exact) mass is 207 g/mol. The molecule has 0 aliphatic heterocycles. The Bertz CT molecular complexity index is 507. The highest BCUT2D eigenvalue weighted by Gasteiger charge is 2.14. The summed E-state index contributed by atoms with van der Waals surface area (Å²) in [6, 6.07) is 0. The molecule has 0 spiro atoms. The van der Waals surface area contributed by atoms with Gasteiger partial charge in [0.1, 0.15) is 17.7 Å². The van der Waals surface area contributed by atoms with Gasteiger partial charge in [-0.25, -0.2) is 9.78 Å². The van der Waals surface area contributed by atoms with Gasteiger partial charge in [0.2, 0.25) is 0 Å². The Morgan fingerprint density at radius 1 is 1.67 bits per heavy atom. The van der Waals surface area contributed by atoms with Crippen LogP contribution in [0.3, 0.4) is 0 Å². The zero-order valence-corrected chi connectivity index (χ0v) is 8.04. The standard InChI is InChI=1S/C8H9N5O2/c1-2-15-7(14)5-3-10-8-12-11-4-13(8)6(5)9/h3-4H,2,9H2,1H3. The SMILES string of the molecule is CCOC(=O)c1cnc2nncn2c1N. The van der Waals surface area contributed by atoms with Crippen LogP contribution >= 0.6 is 0 Å². The second-order valence-corrected chi connectivity index (χ2v) is 2.78. The van der Waals surface area contributed by atoms with Crippen LogP contribution in [0.4, 0.5) is 5.82 Å². The van der Waals surface area contributed by atoms with Crippen LogP contribution in [-0.4, -0.2) is 32.2 Å². The van der Waals surface area contributed by atoms with Crippen molar-refractivity contribution >= 4 is 17.6 Å². The first-order chi connectivity index (χ1) is 7.24. The molecule has 0 saturated heterocycles. The van der Waals surface area contributed by atoms with Gasteiger partial charge < -0.3 is 10.5 Å². The highest BCUT2D eigenvalue weighted by atomic mass is 16.5. The van der Waals surface area contributed by atoms with E-state index in [-0.39, 0.29) is 11.4 Å². The van der Waals surface area contributed by atoms with E-state index in [1.807, 2.05) is 0 Å².